The van der Waals surface area contributed by atoms with Crippen molar-refractivity contribution in [1.29, 1.82) is 0 Å². The first-order valence-electron chi connectivity index (χ1n) is 8.70. The predicted molar refractivity (Wildman–Crippen MR) is 99.5 cm³/mol. The van der Waals surface area contributed by atoms with Crippen LogP contribution < -0.4 is 10.6 Å². The van der Waals surface area contributed by atoms with Crippen LogP contribution in [0, 0.1) is 11.7 Å². The van der Waals surface area contributed by atoms with E-state index in [-0.39, 0.29) is 17.6 Å². The third-order valence-corrected chi connectivity index (χ3v) is 4.71. The Morgan fingerprint density at radius 1 is 1.29 bits per heavy atom. The molecule has 1 saturated heterocycles. The van der Waals surface area contributed by atoms with Gasteiger partial charge >= 0.3 is 0 Å². The molecule has 0 aromatic heterocycles. The van der Waals surface area contributed by atoms with Crippen molar-refractivity contribution in [3.63, 3.8) is 0 Å². The number of carbonyl (C=O) groups is 1. The van der Waals surface area contributed by atoms with E-state index in [9.17, 15) is 9.18 Å². The van der Waals surface area contributed by atoms with Crippen LogP contribution in [0.25, 0.3) is 0 Å². The standard InChI is InChI=1S/C18H26FN3OS/c1-2-3-6-11-20-17(23)14-9-12-22(13-10-14)18(24)21-16-8-5-4-7-15(16)19/h4-5,7-8,14H,2-3,6,9-13H2,1H3,(H,20,23)(H,21,24). The van der Waals surface area contributed by atoms with Gasteiger partial charge in [0.2, 0.25) is 5.91 Å². The van der Waals surface area contributed by atoms with Crippen LogP contribution in [0.5, 0.6) is 0 Å². The topological polar surface area (TPSA) is 44.4 Å². The van der Waals surface area contributed by atoms with Gasteiger partial charge in [-0.05, 0) is 43.6 Å². The highest BCUT2D eigenvalue weighted by molar-refractivity contribution is 7.80. The average molecular weight is 351 g/mol. The van der Waals surface area contributed by atoms with Crippen molar-refractivity contribution in [2.75, 3.05) is 25.0 Å². The van der Waals surface area contributed by atoms with Crippen LogP contribution in [-0.2, 0) is 4.79 Å². The number of anilines is 1. The molecule has 4 nitrogen and oxygen atoms in total. The molecule has 0 spiro atoms. The maximum absolute atomic E-state index is 13.7. The van der Waals surface area contributed by atoms with Gasteiger partial charge in [-0.1, -0.05) is 31.9 Å². The number of thiocarbonyl (C=S) groups is 1. The molecule has 0 atom stereocenters. The van der Waals surface area contributed by atoms with Gasteiger partial charge in [0.15, 0.2) is 5.11 Å². The van der Waals surface area contributed by atoms with Crippen LogP contribution in [0.1, 0.15) is 39.0 Å². The van der Waals surface area contributed by atoms with Crippen molar-refractivity contribution >= 4 is 28.9 Å². The van der Waals surface area contributed by atoms with Crippen LogP contribution in [0.2, 0.25) is 0 Å². The molecule has 1 fully saturated rings. The minimum atomic E-state index is -0.318. The predicted octanol–water partition coefficient (Wildman–Crippen LogP) is 3.54. The number of para-hydroxylation sites is 1. The zero-order chi connectivity index (χ0) is 17.4. The number of piperidine rings is 1. The Labute approximate surface area is 148 Å². The van der Waals surface area contributed by atoms with Crippen molar-refractivity contribution < 1.29 is 9.18 Å². The van der Waals surface area contributed by atoms with Gasteiger partial charge in [0, 0.05) is 25.6 Å². The molecule has 1 aliphatic rings. The minimum Gasteiger partial charge on any atom is -0.356 e. The fourth-order valence-electron chi connectivity index (χ4n) is 2.83. The lowest BCUT2D eigenvalue weighted by Crippen LogP contribution is -2.44. The molecule has 6 heteroatoms. The van der Waals surface area contributed by atoms with Gasteiger partial charge in [-0.15, -0.1) is 0 Å². The van der Waals surface area contributed by atoms with Crippen molar-refractivity contribution in [2.45, 2.75) is 39.0 Å². The molecule has 1 aromatic rings. The summed E-state index contributed by atoms with van der Waals surface area (Å²) in [6, 6.07) is 6.48. The number of hydrogen-bond donors (Lipinski definition) is 2. The van der Waals surface area contributed by atoms with Crippen molar-refractivity contribution in [2.24, 2.45) is 5.92 Å². The molecule has 2 N–H and O–H groups in total. The first kappa shape index (κ1) is 18.6. The quantitative estimate of drug-likeness (QED) is 0.608. The molecule has 24 heavy (non-hydrogen) atoms. The van der Waals surface area contributed by atoms with E-state index in [4.69, 9.17) is 12.2 Å². The highest BCUT2D eigenvalue weighted by Gasteiger charge is 2.26. The fraction of sp³-hybridized carbons (Fsp3) is 0.556. The van der Waals surface area contributed by atoms with E-state index in [1.807, 2.05) is 4.90 Å². The van der Waals surface area contributed by atoms with Crippen LogP contribution in [0.3, 0.4) is 0 Å². The maximum atomic E-state index is 13.7. The van der Waals surface area contributed by atoms with Crippen molar-refractivity contribution in [3.05, 3.63) is 30.1 Å². The molecule has 1 aromatic carbocycles. The van der Waals surface area contributed by atoms with Crippen LogP contribution in [-0.4, -0.2) is 35.6 Å². The number of unbranched alkanes of at least 4 members (excludes halogenated alkanes) is 2. The molecule has 0 aliphatic carbocycles. The lowest BCUT2D eigenvalue weighted by atomic mass is 9.96. The molecule has 0 radical (unpaired) electrons. The number of halogens is 1. The molecule has 0 unspecified atom stereocenters. The molecule has 1 aliphatic heterocycles. The smallest absolute Gasteiger partial charge is 0.223 e. The van der Waals surface area contributed by atoms with Crippen LogP contribution in [0.15, 0.2) is 24.3 Å². The maximum Gasteiger partial charge on any atom is 0.223 e. The number of benzene rings is 1. The zero-order valence-electron chi connectivity index (χ0n) is 14.2. The lowest BCUT2D eigenvalue weighted by Gasteiger charge is -2.33. The second kappa shape index (κ2) is 9.57. The third-order valence-electron chi connectivity index (χ3n) is 4.35. The van der Waals surface area contributed by atoms with E-state index in [1.165, 1.54) is 6.07 Å². The molecular weight excluding hydrogens is 325 g/mol. The zero-order valence-corrected chi connectivity index (χ0v) is 15.0. The first-order chi connectivity index (χ1) is 11.6. The normalized spacial score (nSPS) is 15.2. The number of nitrogens with one attached hydrogen (secondary N) is 2. The molecule has 1 amide bonds. The number of hydrogen-bond acceptors (Lipinski definition) is 2. The van der Waals surface area contributed by atoms with Gasteiger partial charge in [0.05, 0.1) is 5.69 Å². The van der Waals surface area contributed by atoms with Gasteiger partial charge in [-0.2, -0.15) is 0 Å². The molecule has 1 heterocycles. The Morgan fingerprint density at radius 3 is 2.67 bits per heavy atom. The van der Waals surface area contributed by atoms with Gasteiger partial charge < -0.3 is 15.5 Å². The largest absolute Gasteiger partial charge is 0.356 e. The van der Waals surface area contributed by atoms with E-state index >= 15 is 0 Å². The second-order valence-electron chi connectivity index (χ2n) is 6.17. The average Bonchev–Trinajstić information content (AvgIpc) is 2.60. The highest BCUT2D eigenvalue weighted by Crippen LogP contribution is 2.19. The molecule has 0 bridgehead atoms. The number of likely N-dealkylation sites (tertiary alicyclic amines) is 1. The van der Waals surface area contributed by atoms with Crippen LogP contribution >= 0.6 is 12.2 Å². The summed E-state index contributed by atoms with van der Waals surface area (Å²) in [5.74, 6) is -0.112. The van der Waals surface area contributed by atoms with E-state index < -0.39 is 0 Å². The summed E-state index contributed by atoms with van der Waals surface area (Å²) in [6.45, 7) is 4.34. The SMILES string of the molecule is CCCCCNC(=O)C1CCN(C(=S)Nc2ccccc2F)CC1. The number of rotatable bonds is 6. The summed E-state index contributed by atoms with van der Waals surface area (Å²) in [6.07, 6.45) is 4.89. The van der Waals surface area contributed by atoms with E-state index in [0.717, 1.165) is 38.6 Å². The fourth-order valence-corrected chi connectivity index (χ4v) is 3.13. The van der Waals surface area contributed by atoms with E-state index in [2.05, 4.69) is 17.6 Å². The first-order valence-corrected chi connectivity index (χ1v) is 9.10. The van der Waals surface area contributed by atoms with Gasteiger partial charge in [0.1, 0.15) is 5.82 Å². The monoisotopic (exact) mass is 351 g/mol. The molecule has 2 rings (SSSR count). The number of carbonyl (C=O) groups excluding carboxylic acids is 1. The lowest BCUT2D eigenvalue weighted by molar-refractivity contribution is -0.126. The summed E-state index contributed by atoms with van der Waals surface area (Å²) < 4.78 is 13.7. The molecular formula is C18H26FN3OS. The highest BCUT2D eigenvalue weighted by atomic mass is 32.1. The summed E-state index contributed by atoms with van der Waals surface area (Å²) in [4.78, 5) is 14.1. The van der Waals surface area contributed by atoms with Crippen LogP contribution in [0.4, 0.5) is 10.1 Å². The van der Waals surface area contributed by atoms with Gasteiger partial charge in [0.25, 0.3) is 0 Å². The molecule has 0 saturated carbocycles. The van der Waals surface area contributed by atoms with Crippen molar-refractivity contribution in [3.8, 4) is 0 Å². The Bertz CT molecular complexity index is 559. The summed E-state index contributed by atoms with van der Waals surface area (Å²) in [7, 11) is 0. The Kier molecular flexibility index (Phi) is 7.43. The number of nitrogens with zero attached hydrogens (tertiary/aromatic N) is 1. The Balaban J connectivity index is 1.75. The van der Waals surface area contributed by atoms with E-state index in [0.29, 0.717) is 23.9 Å². The summed E-state index contributed by atoms with van der Waals surface area (Å²) in [5, 5.41) is 6.49. The van der Waals surface area contributed by atoms with E-state index in [1.54, 1.807) is 18.2 Å². The summed E-state index contributed by atoms with van der Waals surface area (Å²) >= 11 is 5.37. The molecule has 132 valence electrons. The second-order valence-corrected chi connectivity index (χ2v) is 6.56. The number of amides is 1. The minimum absolute atomic E-state index is 0.0548. The summed E-state index contributed by atoms with van der Waals surface area (Å²) in [5.41, 5.74) is 0.387. The Morgan fingerprint density at radius 2 is 2.00 bits per heavy atom. The third kappa shape index (κ3) is 5.44. The van der Waals surface area contributed by atoms with Gasteiger partial charge in [-0.3, -0.25) is 4.79 Å². The van der Waals surface area contributed by atoms with Gasteiger partial charge in [-0.25, -0.2) is 4.39 Å². The Hall–Kier alpha value is -1.69. The van der Waals surface area contributed by atoms with Crippen molar-refractivity contribution in [1.82, 2.24) is 10.2 Å².